The van der Waals surface area contributed by atoms with Crippen LogP contribution in [0.4, 0.5) is 10.1 Å². The van der Waals surface area contributed by atoms with Crippen LogP contribution in [0.3, 0.4) is 0 Å². The number of nitrogens with one attached hydrogen (secondary N) is 2. The summed E-state index contributed by atoms with van der Waals surface area (Å²) >= 11 is 0. The molecule has 4 aliphatic heterocycles. The molecule has 1 spiro atoms. The molecule has 204 valence electrons. The summed E-state index contributed by atoms with van der Waals surface area (Å²) < 4.78 is 21.0. The molecule has 0 bridgehead atoms. The first-order valence-corrected chi connectivity index (χ1v) is 13.6. The van der Waals surface area contributed by atoms with Gasteiger partial charge in [-0.15, -0.1) is 0 Å². The van der Waals surface area contributed by atoms with E-state index >= 15 is 4.39 Å². The van der Waals surface area contributed by atoms with Gasteiger partial charge < -0.3 is 10.1 Å². The second-order valence-corrected chi connectivity index (χ2v) is 10.9. The van der Waals surface area contributed by atoms with Gasteiger partial charge in [0.2, 0.25) is 11.8 Å². The standard InChI is InChI=1S/C29H31FN4O5/c30-21-15-18(5-6-19(21)17-33-12-10-29(11-13-33)9-2-14-39-29)16-31-22-4-1-3-20-25(22)28(38)34(27(20)37)23-7-8-24(35)32-26(23)36/h1,3-6,15,23,31H,2,7-14,16-17H2,(H,32,35,36). The molecule has 0 radical (unpaired) electrons. The number of imide groups is 2. The first kappa shape index (κ1) is 25.6. The van der Waals surface area contributed by atoms with Crippen molar-refractivity contribution in [1.82, 2.24) is 15.1 Å². The zero-order valence-corrected chi connectivity index (χ0v) is 21.6. The van der Waals surface area contributed by atoms with Crippen LogP contribution in [-0.2, 0) is 27.4 Å². The number of benzene rings is 2. The number of nitrogens with zero attached hydrogens (tertiary/aromatic N) is 2. The third-order valence-corrected chi connectivity index (χ3v) is 8.41. The quantitative estimate of drug-likeness (QED) is 0.549. The van der Waals surface area contributed by atoms with Crippen LogP contribution in [0, 0.1) is 5.82 Å². The van der Waals surface area contributed by atoms with Gasteiger partial charge in [0.05, 0.1) is 16.7 Å². The van der Waals surface area contributed by atoms with Gasteiger partial charge in [0.25, 0.3) is 11.8 Å². The summed E-state index contributed by atoms with van der Waals surface area (Å²) in [4.78, 5) is 53.4. The van der Waals surface area contributed by atoms with Gasteiger partial charge in [-0.3, -0.25) is 34.3 Å². The first-order chi connectivity index (χ1) is 18.8. The molecule has 6 rings (SSSR count). The monoisotopic (exact) mass is 534 g/mol. The number of amides is 4. The van der Waals surface area contributed by atoms with E-state index in [1.54, 1.807) is 24.3 Å². The van der Waals surface area contributed by atoms with Crippen LogP contribution in [0.2, 0.25) is 0 Å². The minimum Gasteiger partial charge on any atom is -0.380 e. The highest BCUT2D eigenvalue weighted by atomic mass is 19.1. The van der Waals surface area contributed by atoms with Gasteiger partial charge in [0.1, 0.15) is 11.9 Å². The lowest BCUT2D eigenvalue weighted by Crippen LogP contribution is -2.54. The Labute approximate surface area is 225 Å². The maximum atomic E-state index is 15.0. The second kappa shape index (κ2) is 10.2. The molecule has 1 atom stereocenters. The van der Waals surface area contributed by atoms with Crippen LogP contribution in [0.25, 0.3) is 0 Å². The number of halogens is 1. The SMILES string of the molecule is O=C1CCC(N2C(=O)c3cccc(NCc4ccc(CN5CCC6(CCCO6)CC5)c(F)c4)c3C2=O)C(=O)N1. The number of hydrogen-bond acceptors (Lipinski definition) is 7. The molecule has 4 heterocycles. The number of ether oxygens (including phenoxy) is 1. The predicted molar refractivity (Wildman–Crippen MR) is 139 cm³/mol. The zero-order valence-electron chi connectivity index (χ0n) is 21.6. The number of likely N-dealkylation sites (tertiary alicyclic amines) is 1. The van der Waals surface area contributed by atoms with Crippen LogP contribution in [-0.4, -0.2) is 64.8 Å². The summed E-state index contributed by atoms with van der Waals surface area (Å²) in [6, 6.07) is 9.02. The van der Waals surface area contributed by atoms with Crippen molar-refractivity contribution < 1.29 is 28.3 Å². The molecule has 0 aromatic heterocycles. The molecule has 2 N–H and O–H groups in total. The molecule has 2 aromatic rings. The van der Waals surface area contributed by atoms with Gasteiger partial charge in [-0.05, 0) is 55.9 Å². The van der Waals surface area contributed by atoms with Crippen molar-refractivity contribution in [2.45, 2.75) is 63.3 Å². The Morgan fingerprint density at radius 3 is 2.59 bits per heavy atom. The number of piperidine rings is 2. The molecular formula is C29H31FN4O5. The molecule has 0 aliphatic carbocycles. The Morgan fingerprint density at radius 2 is 1.87 bits per heavy atom. The summed E-state index contributed by atoms with van der Waals surface area (Å²) in [6.07, 6.45) is 4.37. The largest absolute Gasteiger partial charge is 0.380 e. The third-order valence-electron chi connectivity index (χ3n) is 8.41. The van der Waals surface area contributed by atoms with E-state index in [0.29, 0.717) is 23.4 Å². The van der Waals surface area contributed by atoms with Gasteiger partial charge >= 0.3 is 0 Å². The fraction of sp³-hybridized carbons (Fsp3) is 0.448. The van der Waals surface area contributed by atoms with Gasteiger partial charge in [-0.25, -0.2) is 4.39 Å². The van der Waals surface area contributed by atoms with Gasteiger partial charge in [0.15, 0.2) is 0 Å². The highest BCUT2D eigenvalue weighted by Crippen LogP contribution is 2.36. The average molecular weight is 535 g/mol. The zero-order chi connectivity index (χ0) is 27.1. The minimum absolute atomic E-state index is 0.0348. The van der Waals surface area contributed by atoms with Crippen LogP contribution < -0.4 is 10.6 Å². The van der Waals surface area contributed by atoms with Crippen molar-refractivity contribution in [1.29, 1.82) is 0 Å². The summed E-state index contributed by atoms with van der Waals surface area (Å²) in [7, 11) is 0. The van der Waals surface area contributed by atoms with E-state index in [4.69, 9.17) is 4.74 Å². The fourth-order valence-electron chi connectivity index (χ4n) is 6.20. The van der Waals surface area contributed by atoms with E-state index in [1.807, 2.05) is 6.07 Å². The Hall–Kier alpha value is -3.63. The Bertz CT molecular complexity index is 1350. The Balaban J connectivity index is 1.11. The maximum Gasteiger partial charge on any atom is 0.264 e. The van der Waals surface area contributed by atoms with Crippen molar-refractivity contribution in [3.8, 4) is 0 Å². The van der Waals surface area contributed by atoms with E-state index < -0.39 is 29.7 Å². The Morgan fingerprint density at radius 1 is 1.05 bits per heavy atom. The number of carbonyl (C=O) groups is 4. The molecule has 0 saturated carbocycles. The molecular weight excluding hydrogens is 503 g/mol. The summed E-state index contributed by atoms with van der Waals surface area (Å²) in [5.41, 5.74) is 2.18. The lowest BCUT2D eigenvalue weighted by molar-refractivity contribution is -0.136. The molecule has 9 nitrogen and oxygen atoms in total. The maximum absolute atomic E-state index is 15.0. The van der Waals surface area contributed by atoms with Crippen LogP contribution in [0.1, 0.15) is 70.4 Å². The van der Waals surface area contributed by atoms with E-state index in [0.717, 1.165) is 50.3 Å². The summed E-state index contributed by atoms with van der Waals surface area (Å²) in [6.45, 7) is 3.43. The number of fused-ring (bicyclic) bond motifs is 1. The fourth-order valence-corrected chi connectivity index (χ4v) is 6.20. The highest BCUT2D eigenvalue weighted by Gasteiger charge is 2.45. The van der Waals surface area contributed by atoms with Gasteiger partial charge in [-0.2, -0.15) is 0 Å². The average Bonchev–Trinajstić information content (AvgIpc) is 3.48. The van der Waals surface area contributed by atoms with Crippen LogP contribution >= 0.6 is 0 Å². The Kier molecular flexibility index (Phi) is 6.68. The smallest absolute Gasteiger partial charge is 0.264 e. The van der Waals surface area contributed by atoms with Crippen molar-refractivity contribution in [3.05, 3.63) is 64.5 Å². The number of rotatable bonds is 6. The van der Waals surface area contributed by atoms with E-state index in [1.165, 1.54) is 6.07 Å². The molecule has 3 saturated heterocycles. The molecule has 10 heteroatoms. The second-order valence-electron chi connectivity index (χ2n) is 10.9. The molecule has 1 unspecified atom stereocenters. The minimum atomic E-state index is -1.03. The highest BCUT2D eigenvalue weighted by molar-refractivity contribution is 6.25. The molecule has 3 fully saturated rings. The molecule has 4 amide bonds. The number of anilines is 1. The van der Waals surface area contributed by atoms with Crippen molar-refractivity contribution in [3.63, 3.8) is 0 Å². The lowest BCUT2D eigenvalue weighted by Gasteiger charge is -2.38. The number of hydrogen-bond donors (Lipinski definition) is 2. The van der Waals surface area contributed by atoms with Gasteiger partial charge in [0, 0.05) is 50.5 Å². The van der Waals surface area contributed by atoms with E-state index in [-0.39, 0.29) is 41.9 Å². The third kappa shape index (κ3) is 4.83. The van der Waals surface area contributed by atoms with Crippen molar-refractivity contribution in [2.24, 2.45) is 0 Å². The van der Waals surface area contributed by atoms with Crippen molar-refractivity contribution >= 4 is 29.3 Å². The summed E-state index contributed by atoms with van der Waals surface area (Å²) in [5, 5.41) is 5.36. The normalized spacial score (nSPS) is 22.9. The first-order valence-electron chi connectivity index (χ1n) is 13.6. The predicted octanol–water partition coefficient (Wildman–Crippen LogP) is 2.98. The van der Waals surface area contributed by atoms with Crippen LogP contribution in [0.5, 0.6) is 0 Å². The van der Waals surface area contributed by atoms with E-state index in [2.05, 4.69) is 15.5 Å². The van der Waals surface area contributed by atoms with Crippen molar-refractivity contribution in [2.75, 3.05) is 25.0 Å². The van der Waals surface area contributed by atoms with Crippen LogP contribution in [0.15, 0.2) is 36.4 Å². The van der Waals surface area contributed by atoms with Gasteiger partial charge in [-0.1, -0.05) is 18.2 Å². The number of carbonyl (C=O) groups excluding carboxylic acids is 4. The van der Waals surface area contributed by atoms with E-state index in [9.17, 15) is 19.2 Å². The molecule has 2 aromatic carbocycles. The lowest BCUT2D eigenvalue weighted by atomic mass is 9.88. The molecule has 4 aliphatic rings. The summed E-state index contributed by atoms with van der Waals surface area (Å²) in [5.74, 6) is -2.49. The molecule has 39 heavy (non-hydrogen) atoms. The topological polar surface area (TPSA) is 108 Å².